The largest absolute Gasteiger partial charge is 0.356 e. The van der Waals surface area contributed by atoms with E-state index >= 15 is 0 Å². The van der Waals surface area contributed by atoms with Crippen molar-refractivity contribution < 1.29 is 0 Å². The lowest BCUT2D eigenvalue weighted by atomic mass is 10.1. The summed E-state index contributed by atoms with van der Waals surface area (Å²) in [5, 5.41) is 11.5. The molecule has 0 aromatic carbocycles. The average Bonchev–Trinajstić information content (AvgIpc) is 2.79. The maximum absolute atomic E-state index is 4.51. The lowest BCUT2D eigenvalue weighted by Gasteiger charge is -2.30. The Labute approximate surface area is 160 Å². The summed E-state index contributed by atoms with van der Waals surface area (Å²) in [5.41, 5.74) is 3.68. The highest BCUT2D eigenvalue weighted by Gasteiger charge is 2.15. The number of hydrogen-bond donors (Lipinski definition) is 2. The summed E-state index contributed by atoms with van der Waals surface area (Å²) >= 11 is 0. The van der Waals surface area contributed by atoms with Crippen molar-refractivity contribution in [2.45, 2.75) is 79.4 Å². The molecule has 1 heterocycles. The third kappa shape index (κ3) is 6.63. The van der Waals surface area contributed by atoms with Crippen molar-refractivity contribution in [3.05, 3.63) is 17.0 Å². The van der Waals surface area contributed by atoms with E-state index < -0.39 is 0 Å². The molecule has 1 aromatic rings. The molecule has 26 heavy (non-hydrogen) atoms. The molecular weight excluding hydrogens is 324 g/mol. The smallest absolute Gasteiger partial charge is 0.191 e. The normalized spacial score (nSPS) is 13.8. The van der Waals surface area contributed by atoms with Crippen molar-refractivity contribution in [3.8, 4) is 0 Å². The number of aryl methyl sites for hydroxylation is 2. The lowest BCUT2D eigenvalue weighted by Crippen LogP contribution is -2.44. The fourth-order valence-electron chi connectivity index (χ4n) is 3.48. The molecular formula is C20H40N6. The Morgan fingerprint density at radius 1 is 1.15 bits per heavy atom. The van der Waals surface area contributed by atoms with Gasteiger partial charge in [0.1, 0.15) is 0 Å². The molecule has 6 heteroatoms. The molecule has 150 valence electrons. The second-order valence-corrected chi connectivity index (χ2v) is 7.80. The van der Waals surface area contributed by atoms with Crippen LogP contribution in [0.15, 0.2) is 4.99 Å². The second-order valence-electron chi connectivity index (χ2n) is 7.80. The van der Waals surface area contributed by atoms with Gasteiger partial charge in [-0.1, -0.05) is 0 Å². The van der Waals surface area contributed by atoms with E-state index in [1.165, 1.54) is 11.3 Å². The predicted octanol–water partition coefficient (Wildman–Crippen LogP) is 2.64. The quantitative estimate of drug-likeness (QED) is 0.402. The molecule has 2 N–H and O–H groups in total. The van der Waals surface area contributed by atoms with E-state index in [0.29, 0.717) is 18.1 Å². The van der Waals surface area contributed by atoms with Crippen molar-refractivity contribution in [1.82, 2.24) is 25.3 Å². The van der Waals surface area contributed by atoms with Gasteiger partial charge in [0, 0.05) is 51.0 Å². The fraction of sp³-hybridized carbons (Fsp3) is 0.800. The molecule has 0 aliphatic rings. The third-order valence-electron chi connectivity index (χ3n) is 4.99. The first-order valence-corrected chi connectivity index (χ1v) is 9.89. The summed E-state index contributed by atoms with van der Waals surface area (Å²) < 4.78 is 1.96. The fourth-order valence-corrected chi connectivity index (χ4v) is 3.48. The van der Waals surface area contributed by atoms with E-state index in [0.717, 1.165) is 37.6 Å². The topological polar surface area (TPSA) is 57.5 Å². The van der Waals surface area contributed by atoms with E-state index in [4.69, 9.17) is 0 Å². The average molecular weight is 365 g/mol. The van der Waals surface area contributed by atoms with Gasteiger partial charge in [0.2, 0.25) is 0 Å². The summed E-state index contributed by atoms with van der Waals surface area (Å²) in [7, 11) is 3.83. The van der Waals surface area contributed by atoms with Gasteiger partial charge in [0.15, 0.2) is 5.96 Å². The van der Waals surface area contributed by atoms with Crippen molar-refractivity contribution in [3.63, 3.8) is 0 Å². The van der Waals surface area contributed by atoms with Crippen LogP contribution in [-0.4, -0.2) is 58.9 Å². The van der Waals surface area contributed by atoms with Gasteiger partial charge in [-0.25, -0.2) is 0 Å². The minimum atomic E-state index is 0.297. The van der Waals surface area contributed by atoms with Crippen LogP contribution in [0.2, 0.25) is 0 Å². The highest BCUT2D eigenvalue weighted by molar-refractivity contribution is 5.79. The van der Waals surface area contributed by atoms with Crippen LogP contribution in [0.4, 0.5) is 0 Å². The van der Waals surface area contributed by atoms with Gasteiger partial charge in [-0.15, -0.1) is 0 Å². The number of aliphatic imine (C=N–C) groups is 1. The van der Waals surface area contributed by atoms with Gasteiger partial charge in [-0.2, -0.15) is 5.10 Å². The van der Waals surface area contributed by atoms with Gasteiger partial charge in [-0.3, -0.25) is 14.6 Å². The Bertz CT molecular complexity index is 565. The van der Waals surface area contributed by atoms with Crippen LogP contribution >= 0.6 is 0 Å². The number of nitrogens with one attached hydrogen (secondary N) is 2. The number of hydrogen-bond acceptors (Lipinski definition) is 3. The molecule has 0 aliphatic carbocycles. The molecule has 1 unspecified atom stereocenters. The van der Waals surface area contributed by atoms with Gasteiger partial charge in [0.05, 0.1) is 5.69 Å². The van der Waals surface area contributed by atoms with Crippen molar-refractivity contribution in [1.29, 1.82) is 0 Å². The molecule has 0 bridgehead atoms. The first-order valence-electron chi connectivity index (χ1n) is 9.89. The monoisotopic (exact) mass is 364 g/mol. The first-order chi connectivity index (χ1) is 12.2. The number of rotatable bonds is 9. The SMILES string of the molecule is CN=C(NCCCN(C(C)C)C(C)C)NC(C)Cc1c(C)nn(C)c1C. The molecule has 1 aromatic heterocycles. The van der Waals surface area contributed by atoms with Crippen LogP contribution in [-0.2, 0) is 13.5 Å². The maximum Gasteiger partial charge on any atom is 0.191 e. The Kier molecular flexibility index (Phi) is 9.13. The predicted molar refractivity (Wildman–Crippen MR) is 112 cm³/mol. The number of aromatic nitrogens is 2. The first kappa shape index (κ1) is 22.5. The highest BCUT2D eigenvalue weighted by Crippen LogP contribution is 2.14. The van der Waals surface area contributed by atoms with Crippen LogP contribution in [0.5, 0.6) is 0 Å². The minimum Gasteiger partial charge on any atom is -0.356 e. The molecule has 1 atom stereocenters. The van der Waals surface area contributed by atoms with Gasteiger partial charge in [-0.05, 0) is 66.9 Å². The summed E-state index contributed by atoms with van der Waals surface area (Å²) in [5.74, 6) is 0.873. The van der Waals surface area contributed by atoms with Crippen molar-refractivity contribution in [2.75, 3.05) is 20.1 Å². The zero-order valence-electron chi connectivity index (χ0n) is 18.3. The van der Waals surface area contributed by atoms with E-state index in [1.54, 1.807) is 0 Å². The zero-order chi connectivity index (χ0) is 19.9. The molecule has 0 radical (unpaired) electrons. The lowest BCUT2D eigenvalue weighted by molar-refractivity contribution is 0.173. The van der Waals surface area contributed by atoms with Gasteiger partial charge < -0.3 is 10.6 Å². The minimum absolute atomic E-state index is 0.297. The summed E-state index contributed by atoms with van der Waals surface area (Å²) in [6, 6.07) is 1.46. The van der Waals surface area contributed by atoms with Crippen LogP contribution in [0.25, 0.3) is 0 Å². The summed E-state index contributed by atoms with van der Waals surface area (Å²) in [6.45, 7) is 17.5. The van der Waals surface area contributed by atoms with Gasteiger partial charge in [0.25, 0.3) is 0 Å². The van der Waals surface area contributed by atoms with Crippen LogP contribution in [0.3, 0.4) is 0 Å². The Hall–Kier alpha value is -1.56. The molecule has 0 saturated heterocycles. The van der Waals surface area contributed by atoms with Crippen molar-refractivity contribution in [2.24, 2.45) is 12.0 Å². The Morgan fingerprint density at radius 2 is 1.77 bits per heavy atom. The Morgan fingerprint density at radius 3 is 2.23 bits per heavy atom. The van der Waals surface area contributed by atoms with Crippen LogP contribution < -0.4 is 10.6 Å². The van der Waals surface area contributed by atoms with Crippen LogP contribution in [0, 0.1) is 13.8 Å². The van der Waals surface area contributed by atoms with Gasteiger partial charge >= 0.3 is 0 Å². The molecule has 1 rings (SSSR count). The standard InChI is InChI=1S/C20H40N6/c1-14(2)26(15(3)4)12-10-11-22-20(21-8)23-16(5)13-19-17(6)24-25(9)18(19)7/h14-16H,10-13H2,1-9H3,(H2,21,22,23). The summed E-state index contributed by atoms with van der Waals surface area (Å²) in [4.78, 5) is 6.89. The van der Waals surface area contributed by atoms with E-state index in [2.05, 4.69) is 74.1 Å². The molecule has 0 fully saturated rings. The van der Waals surface area contributed by atoms with E-state index in [-0.39, 0.29) is 0 Å². The Balaban J connectivity index is 2.45. The van der Waals surface area contributed by atoms with Crippen LogP contribution in [0.1, 0.15) is 58.0 Å². The molecule has 6 nitrogen and oxygen atoms in total. The summed E-state index contributed by atoms with van der Waals surface area (Å²) in [6.07, 6.45) is 2.05. The third-order valence-corrected chi connectivity index (χ3v) is 4.99. The zero-order valence-corrected chi connectivity index (χ0v) is 18.3. The maximum atomic E-state index is 4.51. The molecule has 0 saturated carbocycles. The highest BCUT2D eigenvalue weighted by atomic mass is 15.3. The molecule has 0 aliphatic heterocycles. The molecule has 0 spiro atoms. The molecule has 0 amide bonds. The second kappa shape index (κ2) is 10.6. The number of guanidine groups is 1. The van der Waals surface area contributed by atoms with E-state index in [1.807, 2.05) is 18.8 Å². The number of nitrogens with zero attached hydrogens (tertiary/aromatic N) is 4. The van der Waals surface area contributed by atoms with Crippen molar-refractivity contribution >= 4 is 5.96 Å². The van der Waals surface area contributed by atoms with E-state index in [9.17, 15) is 0 Å².